The highest BCUT2D eigenvalue weighted by Gasteiger charge is 2.31. The molecule has 178 valence electrons. The fourth-order valence-corrected chi connectivity index (χ4v) is 3.18. The minimum Gasteiger partial charge on any atom is -0.338 e. The first-order valence-corrected chi connectivity index (χ1v) is 10.7. The number of urea groups is 2. The third-order valence-electron chi connectivity index (χ3n) is 4.70. The Kier molecular flexibility index (Phi) is 8.37. The first-order chi connectivity index (χ1) is 16.2. The molecule has 3 aromatic rings. The normalized spacial score (nSPS) is 10.9. The number of nitrogens with zero attached hydrogens (tertiary/aromatic N) is 1. The van der Waals surface area contributed by atoms with Crippen molar-refractivity contribution in [2.45, 2.75) is 12.6 Å². The summed E-state index contributed by atoms with van der Waals surface area (Å²) in [5.41, 5.74) is 0.268. The van der Waals surface area contributed by atoms with Crippen molar-refractivity contribution in [2.24, 2.45) is 0 Å². The fraction of sp³-hybridized carbons (Fsp3) is 0.167. The number of benzene rings is 3. The number of rotatable bonds is 7. The van der Waals surface area contributed by atoms with Gasteiger partial charge in [0.25, 0.3) is 0 Å². The molecule has 0 spiro atoms. The van der Waals surface area contributed by atoms with Crippen molar-refractivity contribution in [1.29, 1.82) is 0 Å². The second-order valence-corrected chi connectivity index (χ2v) is 7.67. The molecule has 6 nitrogen and oxygen atoms in total. The number of hydrogen-bond acceptors (Lipinski definition) is 2. The van der Waals surface area contributed by atoms with E-state index in [0.29, 0.717) is 22.8 Å². The Labute approximate surface area is 199 Å². The van der Waals surface area contributed by atoms with Crippen molar-refractivity contribution >= 4 is 40.7 Å². The fourth-order valence-electron chi connectivity index (χ4n) is 3.06. The third kappa shape index (κ3) is 7.41. The first-order valence-electron chi connectivity index (χ1n) is 10.3. The van der Waals surface area contributed by atoms with Crippen LogP contribution in [0.5, 0.6) is 0 Å². The quantitative estimate of drug-likeness (QED) is 0.326. The average Bonchev–Trinajstić information content (AvgIpc) is 2.80. The standard InChI is InChI=1S/C24H22ClF3N4O2/c25-18-10-12-20(13-11-18)31-23(34)32(21-9-4-6-17(16-21)24(26,27)28)15-5-14-29-22(33)30-19-7-2-1-3-8-19/h1-4,6-13,16H,5,14-15H2,(H,31,34)(H2,29,30,33). The topological polar surface area (TPSA) is 73.5 Å². The molecule has 4 amide bonds. The molecule has 0 radical (unpaired) electrons. The van der Waals surface area contributed by atoms with E-state index in [4.69, 9.17) is 11.6 Å². The van der Waals surface area contributed by atoms with Crippen LogP contribution in [-0.4, -0.2) is 25.2 Å². The Bertz CT molecular complexity index is 1110. The van der Waals surface area contributed by atoms with E-state index in [1.807, 2.05) is 6.07 Å². The molecule has 0 fully saturated rings. The Morgan fingerprint density at radius 1 is 0.853 bits per heavy atom. The van der Waals surface area contributed by atoms with E-state index in [0.717, 1.165) is 12.1 Å². The lowest BCUT2D eigenvalue weighted by molar-refractivity contribution is -0.137. The van der Waals surface area contributed by atoms with Gasteiger partial charge in [-0.25, -0.2) is 9.59 Å². The molecule has 3 rings (SSSR count). The van der Waals surface area contributed by atoms with E-state index in [9.17, 15) is 22.8 Å². The van der Waals surface area contributed by atoms with Crippen LogP contribution < -0.4 is 20.9 Å². The summed E-state index contributed by atoms with van der Waals surface area (Å²) in [7, 11) is 0. The van der Waals surface area contributed by atoms with Crippen LogP contribution in [0.15, 0.2) is 78.9 Å². The van der Waals surface area contributed by atoms with Crippen LogP contribution in [0.4, 0.5) is 39.8 Å². The Morgan fingerprint density at radius 2 is 1.53 bits per heavy atom. The zero-order chi connectivity index (χ0) is 24.6. The number of carbonyl (C=O) groups is 2. The molecule has 0 aliphatic rings. The maximum Gasteiger partial charge on any atom is 0.416 e. The monoisotopic (exact) mass is 490 g/mol. The zero-order valence-corrected chi connectivity index (χ0v) is 18.7. The number of nitrogens with one attached hydrogen (secondary N) is 3. The van der Waals surface area contributed by atoms with Gasteiger partial charge in [-0.3, -0.25) is 4.90 Å². The molecule has 0 aliphatic carbocycles. The maximum absolute atomic E-state index is 13.2. The summed E-state index contributed by atoms with van der Waals surface area (Å²) in [6, 6.07) is 18.7. The van der Waals surface area contributed by atoms with Crippen molar-refractivity contribution in [3.8, 4) is 0 Å². The van der Waals surface area contributed by atoms with Crippen LogP contribution in [0, 0.1) is 0 Å². The van der Waals surface area contributed by atoms with Gasteiger partial charge in [0.2, 0.25) is 0 Å². The SMILES string of the molecule is O=C(NCCCN(C(=O)Nc1ccc(Cl)cc1)c1cccc(C(F)(F)F)c1)Nc1ccccc1. The lowest BCUT2D eigenvalue weighted by atomic mass is 10.1. The van der Waals surface area contributed by atoms with Gasteiger partial charge in [-0.1, -0.05) is 35.9 Å². The van der Waals surface area contributed by atoms with Crippen LogP contribution in [0.2, 0.25) is 5.02 Å². The minimum absolute atomic E-state index is 0.0619. The van der Waals surface area contributed by atoms with Gasteiger partial charge in [-0.15, -0.1) is 0 Å². The van der Waals surface area contributed by atoms with E-state index < -0.39 is 23.8 Å². The second kappa shape index (κ2) is 11.4. The minimum atomic E-state index is -4.55. The lowest BCUT2D eigenvalue weighted by Crippen LogP contribution is -2.38. The Balaban J connectivity index is 1.67. The van der Waals surface area contributed by atoms with Gasteiger partial charge in [-0.2, -0.15) is 13.2 Å². The van der Waals surface area contributed by atoms with Gasteiger partial charge in [0, 0.05) is 35.2 Å². The number of para-hydroxylation sites is 1. The summed E-state index contributed by atoms with van der Waals surface area (Å²) >= 11 is 5.86. The van der Waals surface area contributed by atoms with E-state index in [-0.39, 0.29) is 18.8 Å². The molecule has 34 heavy (non-hydrogen) atoms. The summed E-state index contributed by atoms with van der Waals surface area (Å²) in [5, 5.41) is 8.47. The second-order valence-electron chi connectivity index (χ2n) is 7.24. The molecule has 10 heteroatoms. The number of anilines is 3. The first kappa shape index (κ1) is 24.9. The number of carbonyl (C=O) groups excluding carboxylic acids is 2. The van der Waals surface area contributed by atoms with E-state index in [1.54, 1.807) is 48.5 Å². The summed E-state index contributed by atoms with van der Waals surface area (Å²) in [5.74, 6) is 0. The Hall–Kier alpha value is -3.72. The van der Waals surface area contributed by atoms with Crippen molar-refractivity contribution in [3.05, 3.63) is 89.4 Å². The highest BCUT2D eigenvalue weighted by atomic mass is 35.5. The summed E-state index contributed by atoms with van der Waals surface area (Å²) in [6.07, 6.45) is -4.25. The van der Waals surface area contributed by atoms with Crippen molar-refractivity contribution in [1.82, 2.24) is 5.32 Å². The zero-order valence-electron chi connectivity index (χ0n) is 17.9. The predicted molar refractivity (Wildman–Crippen MR) is 127 cm³/mol. The number of hydrogen-bond donors (Lipinski definition) is 3. The molecule has 0 atom stereocenters. The van der Waals surface area contributed by atoms with Gasteiger partial charge in [-0.05, 0) is 61.0 Å². The van der Waals surface area contributed by atoms with Crippen LogP contribution >= 0.6 is 11.6 Å². The molecular weight excluding hydrogens is 469 g/mol. The largest absolute Gasteiger partial charge is 0.416 e. The smallest absolute Gasteiger partial charge is 0.338 e. The van der Waals surface area contributed by atoms with Gasteiger partial charge < -0.3 is 16.0 Å². The molecule has 0 bridgehead atoms. The molecule has 0 unspecified atom stereocenters. The van der Waals surface area contributed by atoms with Gasteiger partial charge in [0.1, 0.15) is 0 Å². The van der Waals surface area contributed by atoms with E-state index in [1.165, 1.54) is 17.0 Å². The van der Waals surface area contributed by atoms with Crippen LogP contribution in [0.1, 0.15) is 12.0 Å². The van der Waals surface area contributed by atoms with Gasteiger partial charge >= 0.3 is 18.2 Å². The lowest BCUT2D eigenvalue weighted by Gasteiger charge is -2.24. The molecule has 0 saturated heterocycles. The molecular formula is C24H22ClF3N4O2. The molecule has 0 aromatic heterocycles. The Morgan fingerprint density at radius 3 is 2.21 bits per heavy atom. The van der Waals surface area contributed by atoms with Crippen molar-refractivity contribution in [3.63, 3.8) is 0 Å². The molecule has 0 aliphatic heterocycles. The van der Waals surface area contributed by atoms with Crippen molar-refractivity contribution < 1.29 is 22.8 Å². The summed E-state index contributed by atoms with van der Waals surface area (Å²) in [6.45, 7) is 0.259. The maximum atomic E-state index is 13.2. The van der Waals surface area contributed by atoms with Crippen LogP contribution in [0.3, 0.4) is 0 Å². The summed E-state index contributed by atoms with van der Waals surface area (Å²) in [4.78, 5) is 26.2. The van der Waals surface area contributed by atoms with Crippen LogP contribution in [-0.2, 0) is 6.18 Å². The number of halogens is 4. The van der Waals surface area contributed by atoms with E-state index in [2.05, 4.69) is 16.0 Å². The molecule has 3 N–H and O–H groups in total. The highest BCUT2D eigenvalue weighted by molar-refractivity contribution is 6.30. The summed E-state index contributed by atoms with van der Waals surface area (Å²) < 4.78 is 39.6. The average molecular weight is 491 g/mol. The predicted octanol–water partition coefficient (Wildman–Crippen LogP) is 6.61. The molecule has 0 heterocycles. The van der Waals surface area contributed by atoms with Crippen LogP contribution in [0.25, 0.3) is 0 Å². The number of alkyl halides is 3. The highest BCUT2D eigenvalue weighted by Crippen LogP contribution is 2.32. The van der Waals surface area contributed by atoms with Gasteiger partial charge in [0.15, 0.2) is 0 Å². The van der Waals surface area contributed by atoms with E-state index >= 15 is 0 Å². The molecule has 3 aromatic carbocycles. The van der Waals surface area contributed by atoms with Crippen molar-refractivity contribution in [2.75, 3.05) is 28.6 Å². The van der Waals surface area contributed by atoms with Gasteiger partial charge in [0.05, 0.1) is 5.56 Å². The number of amides is 4. The third-order valence-corrected chi connectivity index (χ3v) is 4.95. The molecule has 0 saturated carbocycles.